The molecule has 1 saturated heterocycles. The van der Waals surface area contributed by atoms with Gasteiger partial charge in [-0.1, -0.05) is 36.0 Å². The van der Waals surface area contributed by atoms with E-state index in [9.17, 15) is 14.4 Å². The summed E-state index contributed by atoms with van der Waals surface area (Å²) in [7, 11) is 0. The third-order valence-electron chi connectivity index (χ3n) is 6.58. The van der Waals surface area contributed by atoms with Crippen molar-refractivity contribution in [2.75, 3.05) is 26.2 Å². The van der Waals surface area contributed by atoms with E-state index in [0.717, 1.165) is 38.5 Å². The summed E-state index contributed by atoms with van der Waals surface area (Å²) >= 11 is 0. The van der Waals surface area contributed by atoms with E-state index in [-0.39, 0.29) is 29.9 Å². The highest BCUT2D eigenvalue weighted by Crippen LogP contribution is 2.34. The number of carbonyl (C=O) groups excluding carboxylic acids is 3. The van der Waals surface area contributed by atoms with Crippen molar-refractivity contribution < 1.29 is 23.4 Å². The molecule has 1 N–H and O–H groups in total. The molecular formula is C23H32N6O5. The molecule has 0 atom stereocenters. The minimum absolute atomic E-state index is 0.0200. The van der Waals surface area contributed by atoms with Gasteiger partial charge in [-0.25, -0.2) is 0 Å². The van der Waals surface area contributed by atoms with Crippen molar-refractivity contribution in [3.8, 4) is 0 Å². The molecule has 3 amide bonds. The van der Waals surface area contributed by atoms with Crippen LogP contribution in [0.3, 0.4) is 0 Å². The maximum absolute atomic E-state index is 12.7. The molecule has 0 aromatic carbocycles. The lowest BCUT2D eigenvalue weighted by molar-refractivity contribution is -0.132. The fraction of sp³-hybridized carbons (Fsp3) is 0.652. The fourth-order valence-electron chi connectivity index (χ4n) is 4.78. The van der Waals surface area contributed by atoms with Crippen molar-refractivity contribution in [3.63, 3.8) is 0 Å². The van der Waals surface area contributed by atoms with Crippen LogP contribution in [0.15, 0.2) is 15.1 Å². The number of piperazine rings is 1. The number of amides is 3. The van der Waals surface area contributed by atoms with Gasteiger partial charge < -0.3 is 24.2 Å². The van der Waals surface area contributed by atoms with E-state index in [4.69, 9.17) is 9.05 Å². The van der Waals surface area contributed by atoms with Crippen LogP contribution >= 0.6 is 0 Å². The minimum atomic E-state index is -0.598. The Morgan fingerprint density at radius 3 is 2.29 bits per heavy atom. The second-order valence-corrected chi connectivity index (χ2v) is 9.19. The summed E-state index contributed by atoms with van der Waals surface area (Å²) in [4.78, 5) is 45.1. The predicted octanol–water partition coefficient (Wildman–Crippen LogP) is 1.97. The first-order valence-electron chi connectivity index (χ1n) is 12.0. The van der Waals surface area contributed by atoms with Crippen LogP contribution in [-0.2, 0) is 21.5 Å². The number of carbonyl (C=O) groups is 3. The number of rotatable bonds is 6. The van der Waals surface area contributed by atoms with Crippen molar-refractivity contribution >= 4 is 17.7 Å². The second kappa shape index (κ2) is 10.4. The molecule has 1 aliphatic carbocycles. The van der Waals surface area contributed by atoms with Crippen LogP contribution in [0.1, 0.15) is 79.8 Å². The zero-order valence-corrected chi connectivity index (χ0v) is 19.8. The highest BCUT2D eigenvalue weighted by molar-refractivity contribution is 5.91. The van der Waals surface area contributed by atoms with Gasteiger partial charge in [0.15, 0.2) is 5.82 Å². The van der Waals surface area contributed by atoms with Gasteiger partial charge in [0, 0.05) is 52.0 Å². The molecule has 1 saturated carbocycles. The molecule has 184 valence electrons. The number of aromatic nitrogens is 3. The standard InChI is InChI=1S/C23H32N6O5/c1-16-15-18(33-26-16)21(32)29-13-11-28(12-14-29)20(31)8-7-19-24-22(27-34-19)23(25-17(2)30)9-5-3-4-6-10-23/h15H,3-14H2,1-2H3,(H,25,30). The van der Waals surface area contributed by atoms with Gasteiger partial charge in [0.25, 0.3) is 5.91 Å². The number of nitrogens with zero attached hydrogens (tertiary/aromatic N) is 5. The van der Waals surface area contributed by atoms with Crippen LogP contribution in [0.25, 0.3) is 0 Å². The summed E-state index contributed by atoms with van der Waals surface area (Å²) in [5, 5.41) is 11.0. The summed E-state index contributed by atoms with van der Waals surface area (Å²) < 4.78 is 10.5. The lowest BCUT2D eigenvalue weighted by Gasteiger charge is -2.34. The smallest absolute Gasteiger partial charge is 0.292 e. The van der Waals surface area contributed by atoms with Crippen LogP contribution in [0, 0.1) is 6.92 Å². The van der Waals surface area contributed by atoms with Gasteiger partial charge >= 0.3 is 0 Å². The van der Waals surface area contributed by atoms with Gasteiger partial charge in [-0.05, 0) is 19.8 Å². The van der Waals surface area contributed by atoms with Crippen molar-refractivity contribution in [1.82, 2.24) is 30.4 Å². The molecule has 11 nitrogen and oxygen atoms in total. The molecule has 2 aromatic heterocycles. The molecule has 2 fully saturated rings. The summed E-state index contributed by atoms with van der Waals surface area (Å²) in [5.74, 6) is 0.773. The first kappa shape index (κ1) is 23.9. The third kappa shape index (κ3) is 5.45. The molecule has 2 aliphatic rings. The Kier molecular flexibility index (Phi) is 7.28. The molecule has 3 heterocycles. The van der Waals surface area contributed by atoms with E-state index in [2.05, 4.69) is 20.6 Å². The highest BCUT2D eigenvalue weighted by atomic mass is 16.5. The molecule has 0 bridgehead atoms. The predicted molar refractivity (Wildman–Crippen MR) is 120 cm³/mol. The van der Waals surface area contributed by atoms with Crippen LogP contribution in [0.5, 0.6) is 0 Å². The van der Waals surface area contributed by atoms with Gasteiger partial charge in [0.1, 0.15) is 5.54 Å². The first-order chi connectivity index (χ1) is 16.4. The average Bonchev–Trinajstić information content (AvgIpc) is 3.42. The number of aryl methyl sites for hydroxylation is 2. The zero-order chi connectivity index (χ0) is 24.1. The van der Waals surface area contributed by atoms with Gasteiger partial charge in [0.05, 0.1) is 5.69 Å². The normalized spacial score (nSPS) is 18.4. The highest BCUT2D eigenvalue weighted by Gasteiger charge is 2.38. The van der Waals surface area contributed by atoms with Gasteiger partial charge in [-0.2, -0.15) is 4.98 Å². The number of nitrogens with one attached hydrogen (secondary N) is 1. The number of hydrogen-bond acceptors (Lipinski definition) is 8. The van der Waals surface area contributed by atoms with Gasteiger partial charge in [-0.15, -0.1) is 0 Å². The van der Waals surface area contributed by atoms with Gasteiger partial charge in [-0.3, -0.25) is 14.4 Å². The summed E-state index contributed by atoms with van der Waals surface area (Å²) in [6.45, 7) is 5.06. The molecule has 0 unspecified atom stereocenters. The van der Waals surface area contributed by atoms with E-state index < -0.39 is 5.54 Å². The van der Waals surface area contributed by atoms with Crippen LogP contribution in [-0.4, -0.2) is 69.0 Å². The van der Waals surface area contributed by atoms with Crippen LogP contribution in [0.4, 0.5) is 0 Å². The molecule has 11 heteroatoms. The van der Waals surface area contributed by atoms with E-state index >= 15 is 0 Å². The molecule has 4 rings (SSSR count). The fourth-order valence-corrected chi connectivity index (χ4v) is 4.78. The maximum atomic E-state index is 12.7. The quantitative estimate of drug-likeness (QED) is 0.631. The van der Waals surface area contributed by atoms with E-state index in [1.165, 1.54) is 6.92 Å². The lowest BCUT2D eigenvalue weighted by Crippen LogP contribution is -2.50. The maximum Gasteiger partial charge on any atom is 0.292 e. The second-order valence-electron chi connectivity index (χ2n) is 9.19. The molecule has 34 heavy (non-hydrogen) atoms. The molecule has 1 aliphatic heterocycles. The molecule has 0 radical (unpaired) electrons. The van der Waals surface area contributed by atoms with Crippen molar-refractivity contribution in [2.24, 2.45) is 0 Å². The topological polar surface area (TPSA) is 135 Å². The zero-order valence-electron chi connectivity index (χ0n) is 19.8. The van der Waals surface area contributed by atoms with E-state index in [1.807, 2.05) is 0 Å². The monoisotopic (exact) mass is 472 g/mol. The minimum Gasteiger partial charge on any atom is -0.351 e. The van der Waals surface area contributed by atoms with Crippen LogP contribution in [0.2, 0.25) is 0 Å². The molecule has 0 spiro atoms. The first-order valence-corrected chi connectivity index (χ1v) is 12.0. The Labute approximate surface area is 198 Å². The Morgan fingerprint density at radius 2 is 1.68 bits per heavy atom. The van der Waals surface area contributed by atoms with Crippen molar-refractivity contribution in [1.29, 1.82) is 0 Å². The summed E-state index contributed by atoms with van der Waals surface area (Å²) in [6.07, 6.45) is 6.36. The summed E-state index contributed by atoms with van der Waals surface area (Å²) in [6, 6.07) is 1.61. The molecule has 2 aromatic rings. The van der Waals surface area contributed by atoms with Gasteiger partial charge in [0.2, 0.25) is 23.5 Å². The Hall–Kier alpha value is -3.24. The van der Waals surface area contributed by atoms with Crippen LogP contribution < -0.4 is 5.32 Å². The Balaban J connectivity index is 1.30. The number of hydrogen-bond donors (Lipinski definition) is 1. The molecular weight excluding hydrogens is 440 g/mol. The average molecular weight is 473 g/mol. The lowest BCUT2D eigenvalue weighted by atomic mass is 9.89. The summed E-state index contributed by atoms with van der Waals surface area (Å²) in [5.41, 5.74) is 0.0577. The van der Waals surface area contributed by atoms with Crippen molar-refractivity contribution in [3.05, 3.63) is 29.2 Å². The van der Waals surface area contributed by atoms with Crippen molar-refractivity contribution in [2.45, 2.75) is 70.8 Å². The Morgan fingerprint density at radius 1 is 1.00 bits per heavy atom. The Bertz CT molecular complexity index is 1010. The third-order valence-corrected chi connectivity index (χ3v) is 6.58. The largest absolute Gasteiger partial charge is 0.351 e. The van der Waals surface area contributed by atoms with E-state index in [1.54, 1.807) is 22.8 Å². The SMILES string of the molecule is CC(=O)NC1(c2noc(CCC(=O)N3CCN(C(=O)c4cc(C)no4)CC3)n2)CCCCCC1. The van der Waals surface area contributed by atoms with E-state index in [0.29, 0.717) is 50.0 Å².